The third-order valence-corrected chi connectivity index (χ3v) is 10.4. The number of hydrogen-bond donors (Lipinski definition) is 0. The molecule has 0 bridgehead atoms. The van der Waals surface area contributed by atoms with Crippen LogP contribution >= 0.6 is 0 Å². The van der Waals surface area contributed by atoms with Gasteiger partial charge in [0.05, 0.1) is 33.0 Å². The first kappa shape index (κ1) is 19.5. The number of fused-ring (bicyclic) bond motifs is 6. The van der Waals surface area contributed by atoms with Crippen molar-refractivity contribution in [3.63, 3.8) is 0 Å². The Bertz CT molecular complexity index is 639. The fourth-order valence-electron chi connectivity index (χ4n) is 9.19. The van der Waals surface area contributed by atoms with Gasteiger partial charge in [0.1, 0.15) is 0 Å². The lowest BCUT2D eigenvalue weighted by Gasteiger charge is -2.63. The summed E-state index contributed by atoms with van der Waals surface area (Å²) in [7, 11) is 1.90. The molecule has 4 aliphatic carbocycles. The molecule has 0 aromatic heterocycles. The molecule has 5 heteroatoms. The number of methoxy groups -OCH3 is 1. The summed E-state index contributed by atoms with van der Waals surface area (Å²) >= 11 is 0. The molecule has 0 N–H and O–H groups in total. The summed E-state index contributed by atoms with van der Waals surface area (Å²) in [5.74, 6) is 2.34. The minimum Gasteiger partial charge on any atom is -0.384 e. The van der Waals surface area contributed by atoms with Crippen molar-refractivity contribution < 1.29 is 23.7 Å². The molecule has 0 unspecified atom stereocenters. The fraction of sp³-hybridized carbons (Fsp3) is 1.00. The summed E-state index contributed by atoms with van der Waals surface area (Å²) in [6, 6.07) is 0. The molecule has 4 saturated carbocycles. The van der Waals surface area contributed by atoms with Gasteiger partial charge >= 0.3 is 0 Å². The Kier molecular flexibility index (Phi) is 4.47. The highest BCUT2D eigenvalue weighted by Gasteiger charge is 2.68. The zero-order valence-electron chi connectivity index (χ0n) is 18.3. The predicted molar refractivity (Wildman–Crippen MR) is 107 cm³/mol. The molecule has 6 fully saturated rings. The van der Waals surface area contributed by atoms with Gasteiger partial charge < -0.3 is 23.7 Å². The highest BCUT2D eigenvalue weighted by atomic mass is 16.7. The van der Waals surface area contributed by atoms with E-state index in [1.807, 2.05) is 7.11 Å². The zero-order valence-corrected chi connectivity index (χ0v) is 18.3. The standard InChI is InChI=1S/C24H38O5/c1-21-7-5-20-18(19(21)6-8-24(21)28-13-14-29-24)4-3-17-15-23(26-11-12-27-23)10-9-22(17,20)16-25-2/h17-20H,3-16H2,1-2H3/t17-,18-,19-,20-,21-,22+/m0/s1. The lowest BCUT2D eigenvalue weighted by molar-refractivity contribution is -0.264. The van der Waals surface area contributed by atoms with Crippen LogP contribution in [-0.4, -0.2) is 51.7 Å². The largest absolute Gasteiger partial charge is 0.384 e. The Balaban J connectivity index is 1.31. The Labute approximate surface area is 175 Å². The number of hydrogen-bond acceptors (Lipinski definition) is 5. The van der Waals surface area contributed by atoms with E-state index in [0.717, 1.165) is 70.1 Å². The van der Waals surface area contributed by atoms with Crippen LogP contribution in [0, 0.1) is 34.5 Å². The van der Waals surface area contributed by atoms with E-state index >= 15 is 0 Å². The van der Waals surface area contributed by atoms with Gasteiger partial charge in [0.25, 0.3) is 0 Å². The van der Waals surface area contributed by atoms with Gasteiger partial charge in [-0.05, 0) is 62.2 Å². The molecule has 6 atom stereocenters. The van der Waals surface area contributed by atoms with Crippen LogP contribution in [0.5, 0.6) is 0 Å². The quantitative estimate of drug-likeness (QED) is 0.690. The van der Waals surface area contributed by atoms with Gasteiger partial charge in [0.15, 0.2) is 11.6 Å². The SMILES string of the molecule is COC[C@]12CCC3(C[C@@H]1CC[C@@H]1[C@@H]2CC[C@@]2(C)[C@H]1CCC21OCCO1)OCCO3. The molecule has 6 rings (SSSR count). The maximum absolute atomic E-state index is 6.32. The average molecular weight is 407 g/mol. The second kappa shape index (κ2) is 6.65. The summed E-state index contributed by atoms with van der Waals surface area (Å²) in [6.07, 6.45) is 10.8. The van der Waals surface area contributed by atoms with Crippen LogP contribution in [0.3, 0.4) is 0 Å². The van der Waals surface area contributed by atoms with E-state index in [0.29, 0.717) is 11.3 Å². The van der Waals surface area contributed by atoms with Crippen LogP contribution < -0.4 is 0 Å². The Morgan fingerprint density at radius 1 is 0.793 bits per heavy atom. The average Bonchev–Trinajstić information content (AvgIpc) is 3.44. The van der Waals surface area contributed by atoms with Crippen molar-refractivity contribution in [1.82, 2.24) is 0 Å². The van der Waals surface area contributed by atoms with E-state index in [-0.39, 0.29) is 17.0 Å². The fourth-order valence-corrected chi connectivity index (χ4v) is 9.19. The summed E-state index contributed by atoms with van der Waals surface area (Å²) in [6.45, 7) is 6.45. The van der Waals surface area contributed by atoms with E-state index in [1.54, 1.807) is 0 Å². The maximum Gasteiger partial charge on any atom is 0.174 e. The van der Waals surface area contributed by atoms with Gasteiger partial charge in [-0.25, -0.2) is 0 Å². The van der Waals surface area contributed by atoms with Crippen LogP contribution in [0.1, 0.15) is 64.7 Å². The summed E-state index contributed by atoms with van der Waals surface area (Å²) in [5.41, 5.74) is 0.478. The molecule has 6 aliphatic rings. The molecule has 2 saturated heterocycles. The molecule has 0 aromatic carbocycles. The van der Waals surface area contributed by atoms with Crippen LogP contribution in [0.25, 0.3) is 0 Å². The van der Waals surface area contributed by atoms with Crippen molar-refractivity contribution >= 4 is 0 Å². The first-order valence-corrected chi connectivity index (χ1v) is 12.1. The van der Waals surface area contributed by atoms with Gasteiger partial charge in [-0.2, -0.15) is 0 Å². The molecule has 2 aliphatic heterocycles. The van der Waals surface area contributed by atoms with E-state index < -0.39 is 0 Å². The zero-order chi connectivity index (χ0) is 19.7. The minimum atomic E-state index is -0.296. The Morgan fingerprint density at radius 2 is 1.52 bits per heavy atom. The molecular weight excluding hydrogens is 368 g/mol. The second-order valence-electron chi connectivity index (χ2n) is 11.1. The van der Waals surface area contributed by atoms with E-state index in [9.17, 15) is 0 Å². The molecule has 29 heavy (non-hydrogen) atoms. The smallest absolute Gasteiger partial charge is 0.174 e. The summed E-state index contributed by atoms with van der Waals surface area (Å²) in [5, 5.41) is 0. The normalized spacial score (nSPS) is 49.9. The maximum atomic E-state index is 6.32. The molecule has 2 heterocycles. The Morgan fingerprint density at radius 3 is 2.28 bits per heavy atom. The monoisotopic (exact) mass is 406 g/mol. The van der Waals surface area contributed by atoms with Crippen LogP contribution in [0.4, 0.5) is 0 Å². The third-order valence-electron chi connectivity index (χ3n) is 10.4. The topological polar surface area (TPSA) is 46.2 Å². The van der Waals surface area contributed by atoms with Crippen LogP contribution in [-0.2, 0) is 23.7 Å². The molecule has 5 nitrogen and oxygen atoms in total. The van der Waals surface area contributed by atoms with Crippen LogP contribution in [0.15, 0.2) is 0 Å². The molecule has 0 aromatic rings. The number of rotatable bonds is 2. The number of ether oxygens (including phenoxy) is 5. The molecule has 164 valence electrons. The highest BCUT2D eigenvalue weighted by molar-refractivity contribution is 5.14. The van der Waals surface area contributed by atoms with E-state index in [1.165, 1.54) is 38.5 Å². The summed E-state index contributed by atoms with van der Waals surface area (Å²) < 4.78 is 30.9. The van der Waals surface area contributed by atoms with Gasteiger partial charge in [-0.15, -0.1) is 0 Å². The minimum absolute atomic E-state index is 0.180. The Hall–Kier alpha value is -0.200. The van der Waals surface area contributed by atoms with E-state index in [2.05, 4.69) is 6.92 Å². The first-order chi connectivity index (χ1) is 14.1. The molecule has 0 radical (unpaired) electrons. The lowest BCUT2D eigenvalue weighted by atomic mass is 9.44. The summed E-state index contributed by atoms with van der Waals surface area (Å²) in [4.78, 5) is 0. The van der Waals surface area contributed by atoms with Gasteiger partial charge in [-0.1, -0.05) is 6.92 Å². The van der Waals surface area contributed by atoms with Crippen molar-refractivity contribution in [1.29, 1.82) is 0 Å². The molecule has 2 spiro atoms. The van der Waals surface area contributed by atoms with Gasteiger partial charge in [-0.3, -0.25) is 0 Å². The second-order valence-corrected chi connectivity index (χ2v) is 11.1. The van der Waals surface area contributed by atoms with Crippen molar-refractivity contribution in [3.8, 4) is 0 Å². The third kappa shape index (κ3) is 2.51. The predicted octanol–water partition coefficient (Wildman–Crippen LogP) is 4.14. The van der Waals surface area contributed by atoms with Crippen molar-refractivity contribution in [2.24, 2.45) is 34.5 Å². The van der Waals surface area contributed by atoms with Crippen molar-refractivity contribution in [2.45, 2.75) is 76.3 Å². The van der Waals surface area contributed by atoms with Gasteiger partial charge in [0, 0.05) is 37.2 Å². The molecule has 0 amide bonds. The van der Waals surface area contributed by atoms with E-state index in [4.69, 9.17) is 23.7 Å². The molecular formula is C24H38O5. The van der Waals surface area contributed by atoms with Gasteiger partial charge in [0.2, 0.25) is 0 Å². The highest BCUT2D eigenvalue weighted by Crippen LogP contribution is 2.70. The van der Waals surface area contributed by atoms with Crippen molar-refractivity contribution in [2.75, 3.05) is 40.1 Å². The first-order valence-electron chi connectivity index (χ1n) is 12.1. The lowest BCUT2D eigenvalue weighted by Crippen LogP contribution is -2.60. The van der Waals surface area contributed by atoms with Crippen molar-refractivity contribution in [3.05, 3.63) is 0 Å². The van der Waals surface area contributed by atoms with Crippen LogP contribution in [0.2, 0.25) is 0 Å².